The van der Waals surface area contributed by atoms with Gasteiger partial charge in [-0.15, -0.1) is 0 Å². The molecule has 1 N–H and O–H groups in total. The number of rotatable bonds is 7. The maximum atomic E-state index is 13.3. The fourth-order valence-electron chi connectivity index (χ4n) is 4.41. The number of fused-ring (bicyclic) bond motifs is 2. The van der Waals surface area contributed by atoms with E-state index in [0.717, 1.165) is 70.4 Å². The van der Waals surface area contributed by atoms with Gasteiger partial charge in [0.25, 0.3) is 5.91 Å². The van der Waals surface area contributed by atoms with Crippen molar-refractivity contribution in [2.24, 2.45) is 0 Å². The van der Waals surface area contributed by atoms with Crippen LogP contribution in [0, 0.1) is 0 Å². The quantitative estimate of drug-likeness (QED) is 0.423. The maximum Gasteiger partial charge on any atom is 0.252 e. The van der Waals surface area contributed by atoms with E-state index < -0.39 is 0 Å². The summed E-state index contributed by atoms with van der Waals surface area (Å²) in [5.41, 5.74) is 5.85. The van der Waals surface area contributed by atoms with Gasteiger partial charge < -0.3 is 14.6 Å². The number of ether oxygens (including phenoxy) is 1. The van der Waals surface area contributed by atoms with Crippen LogP contribution in [-0.4, -0.2) is 34.1 Å². The van der Waals surface area contributed by atoms with Gasteiger partial charge in [-0.25, -0.2) is 9.97 Å². The fraction of sp³-hybridized carbons (Fsp3) is 0.222. The molecule has 1 aliphatic rings. The average Bonchev–Trinajstić information content (AvgIpc) is 3.51. The molecule has 6 heteroatoms. The van der Waals surface area contributed by atoms with Crippen LogP contribution in [0.25, 0.3) is 22.6 Å². The first kappa shape index (κ1) is 20.9. The molecule has 0 unspecified atom stereocenters. The number of nitrogens with zero attached hydrogens (tertiary/aromatic N) is 3. The summed E-state index contributed by atoms with van der Waals surface area (Å²) in [6, 6.07) is 15.9. The van der Waals surface area contributed by atoms with Crippen LogP contribution >= 0.6 is 0 Å². The molecule has 0 saturated carbocycles. The van der Waals surface area contributed by atoms with Gasteiger partial charge in [0.05, 0.1) is 30.2 Å². The van der Waals surface area contributed by atoms with Gasteiger partial charge in [-0.1, -0.05) is 30.3 Å². The number of carbonyl (C=O) groups is 1. The minimum absolute atomic E-state index is 0.0267. The molecule has 0 aliphatic heterocycles. The van der Waals surface area contributed by atoms with E-state index in [-0.39, 0.29) is 5.91 Å². The Balaban J connectivity index is 1.44. The summed E-state index contributed by atoms with van der Waals surface area (Å²) in [5, 5.41) is 4.04. The molecule has 0 radical (unpaired) electrons. The molecule has 0 fully saturated rings. The number of carbonyl (C=O) groups excluding carboxylic acids is 1. The molecule has 6 nitrogen and oxygen atoms in total. The van der Waals surface area contributed by atoms with Gasteiger partial charge in [0.1, 0.15) is 5.75 Å². The van der Waals surface area contributed by atoms with E-state index in [1.54, 1.807) is 19.6 Å². The van der Waals surface area contributed by atoms with E-state index in [1.165, 1.54) is 0 Å². The Bertz CT molecular complexity index is 1310. The zero-order valence-corrected chi connectivity index (χ0v) is 18.6. The van der Waals surface area contributed by atoms with Crippen molar-refractivity contribution in [1.82, 2.24) is 19.9 Å². The highest BCUT2D eigenvalue weighted by Crippen LogP contribution is 2.37. The Morgan fingerprint density at radius 3 is 2.79 bits per heavy atom. The Hall–Kier alpha value is -3.93. The second kappa shape index (κ2) is 9.28. The lowest BCUT2D eigenvalue weighted by Crippen LogP contribution is -2.26. The largest absolute Gasteiger partial charge is 0.497 e. The third kappa shape index (κ3) is 4.37. The molecule has 0 saturated heterocycles. The van der Waals surface area contributed by atoms with Crippen molar-refractivity contribution < 1.29 is 9.53 Å². The number of aromatic nitrogens is 3. The zero-order chi connectivity index (χ0) is 22.6. The number of allylic oxidation sites excluding steroid dienone is 1. The standard InChI is InChI=1S/C27H26N4O2/c1-33-21-10-7-19(8-11-21)17-20-9-12-23-25(22-5-2-3-6-24(22)30-26(20)23)27(32)29-13-4-15-31-16-14-28-18-31/h2-3,5-8,10-11,14,16-18H,4,9,12-13,15H2,1H3,(H,29,32)/b20-17-. The molecule has 166 valence electrons. The summed E-state index contributed by atoms with van der Waals surface area (Å²) in [7, 11) is 1.67. The predicted molar refractivity (Wildman–Crippen MR) is 130 cm³/mol. The Morgan fingerprint density at radius 1 is 1.15 bits per heavy atom. The Labute approximate surface area is 192 Å². The monoisotopic (exact) mass is 438 g/mol. The Kier molecular flexibility index (Phi) is 5.89. The summed E-state index contributed by atoms with van der Waals surface area (Å²) in [6.45, 7) is 1.43. The summed E-state index contributed by atoms with van der Waals surface area (Å²) < 4.78 is 7.28. The molecule has 0 bridgehead atoms. The molecule has 0 spiro atoms. The van der Waals surface area contributed by atoms with Gasteiger partial charge in [-0.05, 0) is 60.2 Å². The summed E-state index contributed by atoms with van der Waals surface area (Å²) in [4.78, 5) is 22.3. The summed E-state index contributed by atoms with van der Waals surface area (Å²) in [6.07, 6.45) is 10.2. The van der Waals surface area contributed by atoms with Crippen molar-refractivity contribution in [3.8, 4) is 5.75 Å². The summed E-state index contributed by atoms with van der Waals surface area (Å²) in [5.74, 6) is 0.807. The number of para-hydroxylation sites is 1. The van der Waals surface area contributed by atoms with Gasteiger partial charge in [0.15, 0.2) is 0 Å². The number of amides is 1. The lowest BCUT2D eigenvalue weighted by atomic mass is 10.00. The van der Waals surface area contributed by atoms with Crippen molar-refractivity contribution in [3.05, 3.63) is 89.6 Å². The number of hydrogen-bond acceptors (Lipinski definition) is 4. The van der Waals surface area contributed by atoms with Crippen LogP contribution in [0.15, 0.2) is 67.3 Å². The van der Waals surface area contributed by atoms with E-state index in [1.807, 2.05) is 59.3 Å². The molecule has 0 atom stereocenters. The zero-order valence-electron chi connectivity index (χ0n) is 18.6. The maximum absolute atomic E-state index is 13.3. The SMILES string of the molecule is COc1ccc(/C=C2/CCc3c2nc2ccccc2c3C(=O)NCCCn2ccnc2)cc1. The van der Waals surface area contributed by atoms with Crippen molar-refractivity contribution in [2.45, 2.75) is 25.8 Å². The lowest BCUT2D eigenvalue weighted by molar-refractivity contribution is 0.0953. The number of hydrogen-bond donors (Lipinski definition) is 1. The first-order valence-electron chi connectivity index (χ1n) is 11.2. The summed E-state index contributed by atoms with van der Waals surface area (Å²) >= 11 is 0. The molecule has 5 rings (SSSR count). The second-order valence-electron chi connectivity index (χ2n) is 8.18. The van der Waals surface area contributed by atoms with Crippen LogP contribution in [0.4, 0.5) is 0 Å². The normalized spacial score (nSPS) is 13.9. The highest BCUT2D eigenvalue weighted by atomic mass is 16.5. The van der Waals surface area contributed by atoms with Gasteiger partial charge >= 0.3 is 0 Å². The van der Waals surface area contributed by atoms with E-state index in [9.17, 15) is 4.79 Å². The fourth-order valence-corrected chi connectivity index (χ4v) is 4.41. The van der Waals surface area contributed by atoms with E-state index in [0.29, 0.717) is 6.54 Å². The number of pyridine rings is 1. The molecule has 4 aromatic rings. The molecular formula is C27H26N4O2. The van der Waals surface area contributed by atoms with Crippen LogP contribution < -0.4 is 10.1 Å². The first-order valence-corrected chi connectivity index (χ1v) is 11.2. The number of aryl methyl sites for hydroxylation is 1. The molecule has 1 amide bonds. The van der Waals surface area contributed by atoms with Crippen molar-refractivity contribution >= 4 is 28.5 Å². The smallest absolute Gasteiger partial charge is 0.252 e. The first-order chi connectivity index (χ1) is 16.2. The number of nitrogens with one attached hydrogen (secondary N) is 1. The van der Waals surface area contributed by atoms with Crippen LogP contribution in [0.5, 0.6) is 5.75 Å². The second-order valence-corrected chi connectivity index (χ2v) is 8.18. The number of benzene rings is 2. The van der Waals surface area contributed by atoms with Crippen molar-refractivity contribution in [1.29, 1.82) is 0 Å². The Morgan fingerprint density at radius 2 is 2.00 bits per heavy atom. The molecular weight excluding hydrogens is 412 g/mol. The van der Waals surface area contributed by atoms with Crippen LogP contribution in [0.2, 0.25) is 0 Å². The molecule has 2 aromatic heterocycles. The highest BCUT2D eigenvalue weighted by Gasteiger charge is 2.26. The minimum Gasteiger partial charge on any atom is -0.497 e. The molecule has 2 heterocycles. The third-order valence-corrected chi connectivity index (χ3v) is 6.06. The average molecular weight is 439 g/mol. The topological polar surface area (TPSA) is 69.0 Å². The predicted octanol–water partition coefficient (Wildman–Crippen LogP) is 4.75. The molecule has 1 aliphatic carbocycles. The third-order valence-electron chi connectivity index (χ3n) is 6.06. The highest BCUT2D eigenvalue weighted by molar-refractivity contribution is 6.09. The van der Waals surface area contributed by atoms with Gasteiger partial charge in [-0.3, -0.25) is 4.79 Å². The van der Waals surface area contributed by atoms with Gasteiger partial charge in [0.2, 0.25) is 0 Å². The molecule has 33 heavy (non-hydrogen) atoms. The minimum atomic E-state index is -0.0267. The van der Waals surface area contributed by atoms with E-state index in [4.69, 9.17) is 9.72 Å². The molecule has 2 aromatic carbocycles. The van der Waals surface area contributed by atoms with E-state index in [2.05, 4.69) is 16.4 Å². The van der Waals surface area contributed by atoms with Crippen molar-refractivity contribution in [3.63, 3.8) is 0 Å². The number of methoxy groups -OCH3 is 1. The lowest BCUT2D eigenvalue weighted by Gasteiger charge is -2.13. The number of imidazole rings is 1. The van der Waals surface area contributed by atoms with Crippen LogP contribution in [-0.2, 0) is 13.0 Å². The van der Waals surface area contributed by atoms with Gasteiger partial charge in [0, 0.05) is 30.9 Å². The van der Waals surface area contributed by atoms with E-state index >= 15 is 0 Å². The van der Waals surface area contributed by atoms with Gasteiger partial charge in [-0.2, -0.15) is 0 Å². The van der Waals surface area contributed by atoms with Crippen LogP contribution in [0.3, 0.4) is 0 Å². The van der Waals surface area contributed by atoms with Crippen LogP contribution in [0.1, 0.15) is 40.0 Å². The van der Waals surface area contributed by atoms with Crippen molar-refractivity contribution in [2.75, 3.05) is 13.7 Å².